The summed E-state index contributed by atoms with van der Waals surface area (Å²) in [6.45, 7) is 3.51. The molecule has 1 fully saturated rings. The Bertz CT molecular complexity index is 419. The first kappa shape index (κ1) is 14.9. The van der Waals surface area contributed by atoms with Gasteiger partial charge in [0, 0.05) is 22.6 Å². The van der Waals surface area contributed by atoms with Crippen molar-refractivity contribution in [1.29, 1.82) is 0 Å². The molecular weight excluding hydrogens is 307 g/mol. The molecule has 1 aromatic carbocycles. The third-order valence-electron chi connectivity index (χ3n) is 4.10. The lowest BCUT2D eigenvalue weighted by molar-refractivity contribution is 0.144. The molecule has 19 heavy (non-hydrogen) atoms. The Kier molecular flexibility index (Phi) is 5.37. The molecule has 0 heterocycles. The molecule has 2 rings (SSSR count). The van der Waals surface area contributed by atoms with Gasteiger partial charge in [-0.2, -0.15) is 0 Å². The van der Waals surface area contributed by atoms with E-state index in [2.05, 4.69) is 27.8 Å². The molecule has 1 aliphatic carbocycles. The van der Waals surface area contributed by atoms with Crippen molar-refractivity contribution in [2.24, 2.45) is 5.73 Å². The van der Waals surface area contributed by atoms with Crippen molar-refractivity contribution in [3.05, 3.63) is 34.1 Å². The van der Waals surface area contributed by atoms with Gasteiger partial charge in [-0.25, -0.2) is 4.39 Å². The lowest BCUT2D eigenvalue weighted by Gasteiger charge is -2.35. The van der Waals surface area contributed by atoms with E-state index >= 15 is 0 Å². The molecule has 1 aromatic rings. The monoisotopic (exact) mass is 328 g/mol. The molecule has 0 bridgehead atoms. The maximum atomic E-state index is 14.1. The largest absolute Gasteiger partial charge is 0.329 e. The second kappa shape index (κ2) is 6.82. The van der Waals surface area contributed by atoms with E-state index in [1.807, 2.05) is 6.07 Å². The first-order chi connectivity index (χ1) is 9.17. The fourth-order valence-corrected chi connectivity index (χ4v) is 3.56. The van der Waals surface area contributed by atoms with Gasteiger partial charge >= 0.3 is 0 Å². The summed E-state index contributed by atoms with van der Waals surface area (Å²) in [5, 5.41) is 0. The van der Waals surface area contributed by atoms with Crippen LogP contribution in [0, 0.1) is 5.82 Å². The van der Waals surface area contributed by atoms with Crippen molar-refractivity contribution < 1.29 is 4.39 Å². The molecule has 1 saturated carbocycles. The van der Waals surface area contributed by atoms with Gasteiger partial charge in [0.2, 0.25) is 0 Å². The van der Waals surface area contributed by atoms with Gasteiger partial charge in [-0.15, -0.1) is 0 Å². The molecular formula is C15H22BrFN2. The Balaban J connectivity index is 2.28. The van der Waals surface area contributed by atoms with E-state index in [9.17, 15) is 4.39 Å². The van der Waals surface area contributed by atoms with Crippen LogP contribution in [0.5, 0.6) is 0 Å². The summed E-state index contributed by atoms with van der Waals surface area (Å²) in [6, 6.07) is 5.65. The van der Waals surface area contributed by atoms with E-state index in [4.69, 9.17) is 5.73 Å². The van der Waals surface area contributed by atoms with Crippen LogP contribution < -0.4 is 5.73 Å². The third kappa shape index (κ3) is 3.36. The van der Waals surface area contributed by atoms with Gasteiger partial charge in [0.25, 0.3) is 0 Å². The summed E-state index contributed by atoms with van der Waals surface area (Å²) in [4.78, 5) is 2.37. The first-order valence-corrected chi connectivity index (χ1v) is 7.87. The van der Waals surface area contributed by atoms with Gasteiger partial charge in [-0.1, -0.05) is 35.7 Å². The smallest absolute Gasteiger partial charge is 0.128 e. The van der Waals surface area contributed by atoms with Crippen molar-refractivity contribution in [2.45, 2.75) is 44.7 Å². The molecule has 0 amide bonds. The van der Waals surface area contributed by atoms with E-state index in [-0.39, 0.29) is 11.9 Å². The van der Waals surface area contributed by atoms with Crippen molar-refractivity contribution in [3.8, 4) is 0 Å². The molecule has 1 atom stereocenters. The van der Waals surface area contributed by atoms with Gasteiger partial charge < -0.3 is 5.73 Å². The molecule has 1 aliphatic rings. The molecule has 1 unspecified atom stereocenters. The van der Waals surface area contributed by atoms with Gasteiger partial charge in [0.15, 0.2) is 0 Å². The van der Waals surface area contributed by atoms with Crippen molar-refractivity contribution in [1.82, 2.24) is 4.90 Å². The molecule has 2 N–H and O–H groups in total. The average Bonchev–Trinajstić information content (AvgIpc) is 2.92. The van der Waals surface area contributed by atoms with Crippen molar-refractivity contribution >= 4 is 15.9 Å². The van der Waals surface area contributed by atoms with Crippen LogP contribution in [0.2, 0.25) is 0 Å². The third-order valence-corrected chi connectivity index (χ3v) is 4.59. The fourth-order valence-electron chi connectivity index (χ4n) is 3.18. The van der Waals surface area contributed by atoms with E-state index in [1.165, 1.54) is 31.7 Å². The minimum Gasteiger partial charge on any atom is -0.329 e. The van der Waals surface area contributed by atoms with Crippen molar-refractivity contribution in [2.75, 3.05) is 13.1 Å². The molecule has 0 aliphatic heterocycles. The predicted molar refractivity (Wildman–Crippen MR) is 80.5 cm³/mol. The number of benzene rings is 1. The highest BCUT2D eigenvalue weighted by molar-refractivity contribution is 9.10. The van der Waals surface area contributed by atoms with Crippen LogP contribution in [-0.2, 0) is 0 Å². The van der Waals surface area contributed by atoms with E-state index in [1.54, 1.807) is 6.07 Å². The predicted octanol–water partition coefficient (Wildman–Crippen LogP) is 3.85. The minimum absolute atomic E-state index is 0.0226. The molecule has 0 spiro atoms. The zero-order valence-corrected chi connectivity index (χ0v) is 13.0. The summed E-state index contributed by atoms with van der Waals surface area (Å²) >= 11 is 3.42. The van der Waals surface area contributed by atoms with Crippen LogP contribution in [-0.4, -0.2) is 24.0 Å². The number of halogens is 2. The quantitative estimate of drug-likeness (QED) is 0.889. The lowest BCUT2D eigenvalue weighted by Crippen LogP contribution is -2.40. The lowest BCUT2D eigenvalue weighted by atomic mass is 10.0. The first-order valence-electron chi connectivity index (χ1n) is 7.08. The number of rotatable bonds is 5. The van der Waals surface area contributed by atoms with E-state index in [0.717, 1.165) is 11.0 Å². The molecule has 0 radical (unpaired) electrons. The van der Waals surface area contributed by atoms with Crippen LogP contribution in [0.3, 0.4) is 0 Å². The molecule has 4 heteroatoms. The second-order valence-corrected chi connectivity index (χ2v) is 6.10. The van der Waals surface area contributed by atoms with Crippen LogP contribution in [0.1, 0.15) is 44.2 Å². The summed E-state index contributed by atoms with van der Waals surface area (Å²) in [5.74, 6) is -0.157. The fraction of sp³-hybridized carbons (Fsp3) is 0.600. The number of nitrogens with two attached hydrogens (primary N) is 1. The molecule has 0 aromatic heterocycles. The molecule has 106 valence electrons. The van der Waals surface area contributed by atoms with Crippen LogP contribution in [0.15, 0.2) is 22.7 Å². The van der Waals surface area contributed by atoms with Crippen LogP contribution in [0.25, 0.3) is 0 Å². The van der Waals surface area contributed by atoms with Gasteiger partial charge in [-0.3, -0.25) is 4.90 Å². The number of hydrogen-bond acceptors (Lipinski definition) is 2. The Hall–Kier alpha value is -0.450. The Morgan fingerprint density at radius 3 is 2.68 bits per heavy atom. The number of hydrogen-bond donors (Lipinski definition) is 1. The molecule has 0 saturated heterocycles. The maximum absolute atomic E-state index is 14.1. The number of nitrogens with zero attached hydrogens (tertiary/aromatic N) is 1. The summed E-state index contributed by atoms with van der Waals surface area (Å²) in [5.41, 5.74) is 6.66. The average molecular weight is 329 g/mol. The Morgan fingerprint density at radius 1 is 1.42 bits per heavy atom. The zero-order valence-electron chi connectivity index (χ0n) is 11.4. The van der Waals surface area contributed by atoms with Crippen LogP contribution >= 0.6 is 15.9 Å². The summed E-state index contributed by atoms with van der Waals surface area (Å²) < 4.78 is 15.0. The number of likely N-dealkylation sites (N-methyl/N-ethyl adjacent to an activating group) is 1. The minimum atomic E-state index is -0.157. The van der Waals surface area contributed by atoms with Gasteiger partial charge in [0.05, 0.1) is 6.04 Å². The highest BCUT2D eigenvalue weighted by Gasteiger charge is 2.29. The van der Waals surface area contributed by atoms with Crippen LogP contribution in [0.4, 0.5) is 4.39 Å². The van der Waals surface area contributed by atoms with Crippen molar-refractivity contribution in [3.63, 3.8) is 0 Å². The molecule has 2 nitrogen and oxygen atoms in total. The SMILES string of the molecule is CCN(C1CCCC1)C(CN)c1cc(Br)ccc1F. The highest BCUT2D eigenvalue weighted by Crippen LogP contribution is 2.32. The van der Waals surface area contributed by atoms with E-state index < -0.39 is 0 Å². The second-order valence-electron chi connectivity index (χ2n) is 5.19. The Labute approximate surface area is 123 Å². The summed E-state index contributed by atoms with van der Waals surface area (Å²) in [7, 11) is 0. The van der Waals surface area contributed by atoms with Gasteiger partial charge in [-0.05, 0) is 37.6 Å². The summed E-state index contributed by atoms with van der Waals surface area (Å²) in [6.07, 6.45) is 4.97. The maximum Gasteiger partial charge on any atom is 0.128 e. The van der Waals surface area contributed by atoms with Gasteiger partial charge in [0.1, 0.15) is 5.82 Å². The highest BCUT2D eigenvalue weighted by atomic mass is 79.9. The standard InChI is InChI=1S/C15H22BrFN2/c1-2-19(12-5-3-4-6-12)15(10-18)13-9-11(16)7-8-14(13)17/h7-9,12,15H,2-6,10,18H2,1H3. The topological polar surface area (TPSA) is 29.3 Å². The van der Waals surface area contributed by atoms with E-state index in [0.29, 0.717) is 18.2 Å². The normalized spacial score (nSPS) is 18.2. The zero-order chi connectivity index (χ0) is 13.8. The Morgan fingerprint density at radius 2 is 2.11 bits per heavy atom.